The van der Waals surface area contributed by atoms with Crippen molar-refractivity contribution in [1.82, 2.24) is 0 Å². The minimum Gasteiger partial charge on any atom is -0.481 e. The highest BCUT2D eigenvalue weighted by molar-refractivity contribution is 5.66. The lowest BCUT2D eigenvalue weighted by atomic mass is 10.1. The van der Waals surface area contributed by atoms with Crippen molar-refractivity contribution >= 4 is 5.97 Å². The topological polar surface area (TPSA) is 77.8 Å². The maximum absolute atomic E-state index is 10.4. The minimum absolute atomic E-state index is 0.00428. The maximum atomic E-state index is 10.4. The molecule has 0 aliphatic rings. The predicted molar refractivity (Wildman–Crippen MR) is 98.8 cm³/mol. The molecule has 0 saturated heterocycles. The molecule has 0 aromatic carbocycles. The van der Waals surface area contributed by atoms with Gasteiger partial charge < -0.3 is 15.3 Å². The first-order chi connectivity index (χ1) is 11.6. The lowest BCUT2D eigenvalue weighted by Crippen LogP contribution is -2.23. The summed E-state index contributed by atoms with van der Waals surface area (Å²) in [6, 6.07) is 0. The van der Waals surface area contributed by atoms with Crippen molar-refractivity contribution in [3.05, 3.63) is 48.6 Å². The molecule has 3 N–H and O–H groups in total. The van der Waals surface area contributed by atoms with Gasteiger partial charge >= 0.3 is 5.97 Å². The average Bonchev–Trinajstić information content (AvgIpc) is 2.55. The van der Waals surface area contributed by atoms with Crippen LogP contribution in [0.15, 0.2) is 48.6 Å². The molecule has 136 valence electrons. The fourth-order valence-electron chi connectivity index (χ4n) is 2.06. The van der Waals surface area contributed by atoms with E-state index in [4.69, 9.17) is 5.11 Å². The Morgan fingerprint density at radius 1 is 0.917 bits per heavy atom. The van der Waals surface area contributed by atoms with Crippen molar-refractivity contribution in [1.29, 1.82) is 0 Å². The Hall–Kier alpha value is -1.65. The van der Waals surface area contributed by atoms with Crippen molar-refractivity contribution < 1.29 is 20.1 Å². The molecule has 0 radical (unpaired) electrons. The summed E-state index contributed by atoms with van der Waals surface area (Å²) in [5.41, 5.74) is 0. The Morgan fingerprint density at radius 2 is 1.58 bits per heavy atom. The third kappa shape index (κ3) is 15.3. The third-order valence-corrected chi connectivity index (χ3v) is 3.51. The van der Waals surface area contributed by atoms with Crippen LogP contribution in [0.3, 0.4) is 0 Å². The summed E-state index contributed by atoms with van der Waals surface area (Å²) < 4.78 is 0. The van der Waals surface area contributed by atoms with Gasteiger partial charge in [-0.1, -0.05) is 74.8 Å². The van der Waals surface area contributed by atoms with E-state index in [1.807, 2.05) is 24.3 Å². The van der Waals surface area contributed by atoms with Crippen LogP contribution in [0.5, 0.6) is 0 Å². The van der Waals surface area contributed by atoms with Crippen molar-refractivity contribution in [3.63, 3.8) is 0 Å². The lowest BCUT2D eigenvalue weighted by molar-refractivity contribution is -0.137. The monoisotopic (exact) mass is 336 g/mol. The number of unbranched alkanes of at least 4 members (excludes halogenated alkanes) is 4. The van der Waals surface area contributed by atoms with Crippen molar-refractivity contribution in [3.8, 4) is 0 Å². The van der Waals surface area contributed by atoms with Crippen molar-refractivity contribution in [2.24, 2.45) is 0 Å². The number of aliphatic hydroxyl groups excluding tert-OH is 2. The highest BCUT2D eigenvalue weighted by Gasteiger charge is 2.12. The zero-order chi connectivity index (χ0) is 18.0. The van der Waals surface area contributed by atoms with Gasteiger partial charge in [0.2, 0.25) is 0 Å². The van der Waals surface area contributed by atoms with Crippen molar-refractivity contribution in [2.75, 3.05) is 0 Å². The van der Waals surface area contributed by atoms with Gasteiger partial charge in [0.1, 0.15) is 0 Å². The molecule has 0 bridgehead atoms. The van der Waals surface area contributed by atoms with E-state index in [1.54, 1.807) is 12.2 Å². The summed E-state index contributed by atoms with van der Waals surface area (Å²) in [6.07, 6.45) is 19.8. The quantitative estimate of drug-likeness (QED) is 0.329. The van der Waals surface area contributed by atoms with Crippen LogP contribution in [-0.2, 0) is 4.79 Å². The number of hydrogen-bond acceptors (Lipinski definition) is 3. The standard InChI is InChI=1S/C20H32O4/c1-2-3-4-5-6-7-8-9-10-11-12-13-15-18(21)19(22)16-14-17-20(23)24/h7-13,15,18-19,21-22H,2-6,14,16-17H2,1H3,(H,23,24). The molecular formula is C20H32O4. The van der Waals surface area contributed by atoms with Gasteiger partial charge in [-0.2, -0.15) is 0 Å². The minimum atomic E-state index is -0.976. The Balaban J connectivity index is 3.83. The fraction of sp³-hybridized carbons (Fsp3) is 0.550. The summed E-state index contributed by atoms with van der Waals surface area (Å²) in [6.45, 7) is 2.21. The van der Waals surface area contributed by atoms with Gasteiger partial charge in [-0.3, -0.25) is 4.79 Å². The SMILES string of the molecule is CCCCCCC=CC=CC=CC=CC(O)C(O)CCCC(=O)O. The van der Waals surface area contributed by atoms with E-state index in [2.05, 4.69) is 13.0 Å². The number of allylic oxidation sites excluding steroid dienone is 7. The molecule has 4 nitrogen and oxygen atoms in total. The second-order valence-electron chi connectivity index (χ2n) is 5.78. The van der Waals surface area contributed by atoms with E-state index in [-0.39, 0.29) is 12.8 Å². The van der Waals surface area contributed by atoms with E-state index in [0.717, 1.165) is 6.42 Å². The first-order valence-electron chi connectivity index (χ1n) is 8.82. The number of carboxylic acids is 1. The van der Waals surface area contributed by atoms with E-state index in [9.17, 15) is 15.0 Å². The molecule has 0 spiro atoms. The molecule has 2 unspecified atom stereocenters. The normalized spacial score (nSPS) is 15.1. The average molecular weight is 336 g/mol. The number of carbonyl (C=O) groups is 1. The lowest BCUT2D eigenvalue weighted by Gasteiger charge is -2.13. The molecule has 24 heavy (non-hydrogen) atoms. The molecule has 0 heterocycles. The number of carboxylic acid groups (broad SMARTS) is 1. The molecular weight excluding hydrogens is 304 g/mol. The van der Waals surface area contributed by atoms with Crippen LogP contribution in [0.2, 0.25) is 0 Å². The second-order valence-corrected chi connectivity index (χ2v) is 5.78. The zero-order valence-corrected chi connectivity index (χ0v) is 14.7. The van der Waals surface area contributed by atoms with Gasteiger partial charge in [0.25, 0.3) is 0 Å². The van der Waals surface area contributed by atoms with E-state index < -0.39 is 18.2 Å². The third-order valence-electron chi connectivity index (χ3n) is 3.51. The summed E-state index contributed by atoms with van der Waals surface area (Å²) >= 11 is 0. The number of aliphatic carboxylic acids is 1. The Labute approximate surface area is 145 Å². The molecule has 0 rings (SSSR count). The van der Waals surface area contributed by atoms with Gasteiger partial charge in [0, 0.05) is 6.42 Å². The zero-order valence-electron chi connectivity index (χ0n) is 14.7. The molecule has 0 aromatic rings. The number of hydrogen-bond donors (Lipinski definition) is 3. The molecule has 0 aliphatic heterocycles. The number of aliphatic hydroxyl groups is 2. The van der Waals surface area contributed by atoms with Crippen LogP contribution in [0.1, 0.15) is 58.3 Å². The number of rotatable bonds is 14. The van der Waals surface area contributed by atoms with E-state index in [1.165, 1.54) is 31.8 Å². The van der Waals surface area contributed by atoms with Gasteiger partial charge in [-0.05, 0) is 25.7 Å². The molecule has 2 atom stereocenters. The molecule has 0 aromatic heterocycles. The van der Waals surface area contributed by atoms with Crippen molar-refractivity contribution in [2.45, 2.75) is 70.5 Å². The van der Waals surface area contributed by atoms with Crippen LogP contribution in [0, 0.1) is 0 Å². The molecule has 0 amide bonds. The predicted octanol–water partition coefficient (Wildman–Crippen LogP) is 4.16. The Kier molecular flexibility index (Phi) is 15.1. The van der Waals surface area contributed by atoms with Crippen LogP contribution >= 0.6 is 0 Å². The first kappa shape index (κ1) is 22.4. The molecule has 0 fully saturated rings. The van der Waals surface area contributed by atoms with Crippen LogP contribution in [0.4, 0.5) is 0 Å². The van der Waals surface area contributed by atoms with E-state index >= 15 is 0 Å². The highest BCUT2D eigenvalue weighted by atomic mass is 16.4. The van der Waals surface area contributed by atoms with Gasteiger partial charge in [-0.25, -0.2) is 0 Å². The van der Waals surface area contributed by atoms with Crippen LogP contribution in [-0.4, -0.2) is 33.5 Å². The smallest absolute Gasteiger partial charge is 0.303 e. The summed E-state index contributed by atoms with van der Waals surface area (Å²) in [4.78, 5) is 10.4. The molecule has 4 heteroatoms. The van der Waals surface area contributed by atoms with Crippen LogP contribution in [0.25, 0.3) is 0 Å². The summed E-state index contributed by atoms with van der Waals surface area (Å²) in [5, 5.41) is 27.9. The second kappa shape index (κ2) is 16.2. The maximum Gasteiger partial charge on any atom is 0.303 e. The van der Waals surface area contributed by atoms with Crippen LogP contribution < -0.4 is 0 Å². The first-order valence-corrected chi connectivity index (χ1v) is 8.82. The highest BCUT2D eigenvalue weighted by Crippen LogP contribution is 2.06. The van der Waals surface area contributed by atoms with E-state index in [0.29, 0.717) is 6.42 Å². The van der Waals surface area contributed by atoms with Gasteiger partial charge in [0.15, 0.2) is 0 Å². The fourth-order valence-corrected chi connectivity index (χ4v) is 2.06. The molecule has 0 saturated carbocycles. The molecule has 0 aliphatic carbocycles. The Morgan fingerprint density at radius 3 is 2.25 bits per heavy atom. The summed E-state index contributed by atoms with van der Waals surface area (Å²) in [5.74, 6) is -0.892. The van der Waals surface area contributed by atoms with Gasteiger partial charge in [0.05, 0.1) is 12.2 Å². The largest absolute Gasteiger partial charge is 0.481 e. The van der Waals surface area contributed by atoms with Gasteiger partial charge in [-0.15, -0.1) is 0 Å². The summed E-state index contributed by atoms with van der Waals surface area (Å²) in [7, 11) is 0. The Bertz CT molecular complexity index is 421.